The van der Waals surface area contributed by atoms with Gasteiger partial charge >= 0.3 is 5.97 Å². The normalized spacial score (nSPS) is 10.6. The van der Waals surface area contributed by atoms with Crippen LogP contribution in [0.2, 0.25) is 0 Å². The van der Waals surface area contributed by atoms with Gasteiger partial charge in [0.2, 0.25) is 0 Å². The third-order valence-electron chi connectivity index (χ3n) is 2.85. The van der Waals surface area contributed by atoms with Gasteiger partial charge in [0.05, 0.1) is 0 Å². The molecule has 0 spiro atoms. The highest BCUT2D eigenvalue weighted by Crippen LogP contribution is 2.12. The minimum absolute atomic E-state index is 0.139. The summed E-state index contributed by atoms with van der Waals surface area (Å²) in [6.07, 6.45) is 1.47. The molecule has 0 saturated heterocycles. The molecule has 0 bridgehead atoms. The van der Waals surface area contributed by atoms with Gasteiger partial charge in [0, 0.05) is 5.69 Å². The molecule has 0 amide bonds. The molecule has 0 atom stereocenters. The number of aryl methyl sites for hydroxylation is 4. The number of carboxylic acids is 1. The van der Waals surface area contributed by atoms with E-state index in [9.17, 15) is 4.79 Å². The highest BCUT2D eigenvalue weighted by molar-refractivity contribution is 5.86. The molecule has 1 heterocycles. The van der Waals surface area contributed by atoms with Crippen LogP contribution in [0.25, 0.3) is 0 Å². The lowest BCUT2D eigenvalue weighted by atomic mass is 10.1. The van der Waals surface area contributed by atoms with E-state index in [1.165, 1.54) is 11.1 Å². The maximum atomic E-state index is 11.0. The number of carboxylic acid groups (broad SMARTS) is 1. The molecule has 2 aromatic rings. The van der Waals surface area contributed by atoms with Crippen molar-refractivity contribution in [1.82, 2.24) is 9.97 Å². The third kappa shape index (κ3) is 2.77. The van der Waals surface area contributed by atoms with Gasteiger partial charge in [0.1, 0.15) is 5.82 Å². The third-order valence-corrected chi connectivity index (χ3v) is 2.85. The van der Waals surface area contributed by atoms with Gasteiger partial charge in [-0.25, -0.2) is 9.78 Å². The largest absolute Gasteiger partial charge is 0.476 e. The molecule has 2 N–H and O–H groups in total. The minimum Gasteiger partial charge on any atom is -0.476 e. The number of nitrogens with zero attached hydrogens (tertiary/aromatic N) is 1. The van der Waals surface area contributed by atoms with Crippen molar-refractivity contribution >= 4 is 5.97 Å². The molecule has 0 aliphatic carbocycles. The van der Waals surface area contributed by atoms with Gasteiger partial charge in [-0.3, -0.25) is 0 Å². The Bertz CT molecular complexity index is 573. The van der Waals surface area contributed by atoms with Crippen LogP contribution in [0.4, 0.5) is 0 Å². The molecule has 0 unspecified atom stereocenters. The van der Waals surface area contributed by atoms with E-state index in [1.807, 2.05) is 19.1 Å². The van der Waals surface area contributed by atoms with Gasteiger partial charge in [0.15, 0.2) is 5.69 Å². The zero-order valence-electron chi connectivity index (χ0n) is 10.5. The first kappa shape index (κ1) is 12.4. The van der Waals surface area contributed by atoms with Crippen LogP contribution in [0.15, 0.2) is 24.3 Å². The summed E-state index contributed by atoms with van der Waals surface area (Å²) < 4.78 is 0. The first-order chi connectivity index (χ1) is 8.56. The fraction of sp³-hybridized carbons (Fsp3) is 0.286. The van der Waals surface area contributed by atoms with Crippen molar-refractivity contribution in [3.8, 4) is 0 Å². The molecule has 1 aromatic heterocycles. The Morgan fingerprint density at radius 3 is 2.78 bits per heavy atom. The maximum absolute atomic E-state index is 11.0. The van der Waals surface area contributed by atoms with E-state index in [0.717, 1.165) is 6.42 Å². The van der Waals surface area contributed by atoms with Gasteiger partial charge in [-0.2, -0.15) is 0 Å². The van der Waals surface area contributed by atoms with Gasteiger partial charge in [0.25, 0.3) is 0 Å². The fourth-order valence-corrected chi connectivity index (χ4v) is 2.04. The van der Waals surface area contributed by atoms with Gasteiger partial charge in [-0.15, -0.1) is 0 Å². The molecule has 0 saturated carbocycles. The Hall–Kier alpha value is -2.10. The molecule has 0 aliphatic rings. The topological polar surface area (TPSA) is 66.0 Å². The van der Waals surface area contributed by atoms with Crippen LogP contribution in [0.3, 0.4) is 0 Å². The van der Waals surface area contributed by atoms with Crippen molar-refractivity contribution in [2.24, 2.45) is 0 Å². The summed E-state index contributed by atoms with van der Waals surface area (Å²) in [5, 5.41) is 9.04. The number of carbonyl (C=O) groups is 1. The second-order valence-corrected chi connectivity index (χ2v) is 4.44. The lowest BCUT2D eigenvalue weighted by Gasteiger charge is -2.02. The van der Waals surface area contributed by atoms with E-state index < -0.39 is 5.97 Å². The monoisotopic (exact) mass is 244 g/mol. The quantitative estimate of drug-likeness (QED) is 0.868. The summed E-state index contributed by atoms with van der Waals surface area (Å²) in [5.74, 6) is -0.328. The highest BCUT2D eigenvalue weighted by atomic mass is 16.4. The summed E-state index contributed by atoms with van der Waals surface area (Å²) in [7, 11) is 0. The van der Waals surface area contributed by atoms with Gasteiger partial charge < -0.3 is 10.1 Å². The Morgan fingerprint density at radius 1 is 1.33 bits per heavy atom. The molecule has 4 heteroatoms. The number of hydrogen-bond acceptors (Lipinski definition) is 2. The molecule has 1 aromatic carbocycles. The van der Waals surface area contributed by atoms with E-state index in [1.54, 1.807) is 6.92 Å². The van der Waals surface area contributed by atoms with Crippen LogP contribution in [-0.4, -0.2) is 21.0 Å². The highest BCUT2D eigenvalue weighted by Gasteiger charge is 2.14. The predicted octanol–water partition coefficient (Wildman–Crippen LogP) is 2.51. The van der Waals surface area contributed by atoms with Crippen molar-refractivity contribution in [3.63, 3.8) is 0 Å². The van der Waals surface area contributed by atoms with Crippen LogP contribution >= 0.6 is 0 Å². The number of rotatable bonds is 4. The second kappa shape index (κ2) is 5.04. The van der Waals surface area contributed by atoms with Gasteiger partial charge in [-0.05, 0) is 32.3 Å². The van der Waals surface area contributed by atoms with E-state index in [4.69, 9.17) is 5.11 Å². The Labute approximate surface area is 106 Å². The predicted molar refractivity (Wildman–Crippen MR) is 68.9 cm³/mol. The first-order valence-corrected chi connectivity index (χ1v) is 5.90. The van der Waals surface area contributed by atoms with E-state index in [2.05, 4.69) is 22.1 Å². The summed E-state index contributed by atoms with van der Waals surface area (Å²) in [5.41, 5.74) is 3.26. The standard InChI is InChI=1S/C14H16N2O2/c1-9-4-3-5-11(8-9)6-7-12-13(14(17)18)16-10(2)15-12/h3-5,8H,6-7H2,1-2H3,(H,15,16)(H,17,18). The minimum atomic E-state index is -0.974. The zero-order valence-corrected chi connectivity index (χ0v) is 10.5. The lowest BCUT2D eigenvalue weighted by Crippen LogP contribution is -2.03. The van der Waals surface area contributed by atoms with E-state index >= 15 is 0 Å². The van der Waals surface area contributed by atoms with Crippen LogP contribution in [0, 0.1) is 13.8 Å². The molecular formula is C14H16N2O2. The molecule has 0 fully saturated rings. The second-order valence-electron chi connectivity index (χ2n) is 4.44. The maximum Gasteiger partial charge on any atom is 0.356 e. The Balaban J connectivity index is 2.13. The fourth-order valence-electron chi connectivity index (χ4n) is 2.04. The van der Waals surface area contributed by atoms with E-state index in [-0.39, 0.29) is 5.69 Å². The molecular weight excluding hydrogens is 228 g/mol. The number of aromatic amines is 1. The van der Waals surface area contributed by atoms with Crippen molar-refractivity contribution in [1.29, 1.82) is 0 Å². The summed E-state index contributed by atoms with van der Waals surface area (Å²) >= 11 is 0. The van der Waals surface area contributed by atoms with Crippen molar-refractivity contribution < 1.29 is 9.90 Å². The average Bonchev–Trinajstić information content (AvgIpc) is 2.68. The molecule has 18 heavy (non-hydrogen) atoms. The number of H-pyrrole nitrogens is 1. The molecule has 4 nitrogen and oxygen atoms in total. The van der Waals surface area contributed by atoms with Gasteiger partial charge in [-0.1, -0.05) is 29.8 Å². The number of hydrogen-bond donors (Lipinski definition) is 2. The number of imidazole rings is 1. The summed E-state index contributed by atoms with van der Waals surface area (Å²) in [4.78, 5) is 18.0. The zero-order chi connectivity index (χ0) is 13.1. The summed E-state index contributed by atoms with van der Waals surface area (Å²) in [6.45, 7) is 3.81. The Kier molecular flexibility index (Phi) is 3.46. The smallest absolute Gasteiger partial charge is 0.356 e. The van der Waals surface area contributed by atoms with E-state index in [0.29, 0.717) is 17.9 Å². The molecule has 0 aliphatic heterocycles. The number of benzene rings is 1. The SMILES string of the molecule is Cc1cccc(CCc2[nH]c(C)nc2C(=O)O)c1. The number of aromatic nitrogens is 2. The van der Waals surface area contributed by atoms with Crippen LogP contribution < -0.4 is 0 Å². The van der Waals surface area contributed by atoms with Crippen molar-refractivity contribution in [3.05, 3.63) is 52.6 Å². The van der Waals surface area contributed by atoms with Crippen molar-refractivity contribution in [2.45, 2.75) is 26.7 Å². The van der Waals surface area contributed by atoms with Crippen LogP contribution in [0.5, 0.6) is 0 Å². The molecule has 0 radical (unpaired) electrons. The summed E-state index contributed by atoms with van der Waals surface area (Å²) in [6, 6.07) is 8.23. The average molecular weight is 244 g/mol. The van der Waals surface area contributed by atoms with Crippen LogP contribution in [-0.2, 0) is 12.8 Å². The lowest BCUT2D eigenvalue weighted by molar-refractivity contribution is 0.0689. The first-order valence-electron chi connectivity index (χ1n) is 5.90. The molecule has 2 rings (SSSR count). The number of aromatic carboxylic acids is 1. The Morgan fingerprint density at radius 2 is 2.11 bits per heavy atom. The van der Waals surface area contributed by atoms with Crippen molar-refractivity contribution in [2.75, 3.05) is 0 Å². The number of nitrogens with one attached hydrogen (secondary N) is 1. The molecule has 94 valence electrons. The van der Waals surface area contributed by atoms with Crippen LogP contribution in [0.1, 0.15) is 33.1 Å².